The van der Waals surface area contributed by atoms with Crippen molar-refractivity contribution in [2.75, 3.05) is 5.32 Å². The van der Waals surface area contributed by atoms with E-state index in [1.165, 1.54) is 12.1 Å². The third-order valence-electron chi connectivity index (χ3n) is 4.63. The number of rotatable bonds is 3. The molecule has 0 saturated heterocycles. The fourth-order valence-electron chi connectivity index (χ4n) is 3.33. The molecular formula is C22H23F3N2O3. The van der Waals surface area contributed by atoms with Crippen LogP contribution in [-0.2, 0) is 17.3 Å². The molecule has 2 amide bonds. The van der Waals surface area contributed by atoms with Gasteiger partial charge in [-0.25, -0.2) is 4.79 Å². The fourth-order valence-corrected chi connectivity index (χ4v) is 3.33. The summed E-state index contributed by atoms with van der Waals surface area (Å²) in [6.07, 6.45) is -3.77. The normalized spacial score (nSPS) is 16.0. The minimum atomic E-state index is -4.52. The maximum absolute atomic E-state index is 12.9. The summed E-state index contributed by atoms with van der Waals surface area (Å²) in [4.78, 5) is 24.5. The Kier molecular flexibility index (Phi) is 5.78. The molecule has 0 spiro atoms. The van der Waals surface area contributed by atoms with E-state index in [0.717, 1.165) is 29.7 Å². The second kappa shape index (κ2) is 8.01. The molecule has 2 aromatic rings. The minimum Gasteiger partial charge on any atom is -0.444 e. The third-order valence-corrected chi connectivity index (χ3v) is 4.63. The lowest BCUT2D eigenvalue weighted by Gasteiger charge is -2.20. The molecule has 0 radical (unpaired) electrons. The van der Waals surface area contributed by atoms with Crippen LogP contribution in [0.4, 0.5) is 23.7 Å². The Morgan fingerprint density at radius 3 is 2.47 bits per heavy atom. The highest BCUT2D eigenvalue weighted by atomic mass is 19.4. The predicted molar refractivity (Wildman–Crippen MR) is 106 cm³/mol. The van der Waals surface area contributed by atoms with E-state index in [2.05, 4.69) is 10.6 Å². The number of hydrogen-bond donors (Lipinski definition) is 2. The van der Waals surface area contributed by atoms with Gasteiger partial charge in [0, 0.05) is 11.3 Å². The molecule has 8 heteroatoms. The molecule has 5 nitrogen and oxygen atoms in total. The zero-order chi connectivity index (χ0) is 22.1. The van der Waals surface area contributed by atoms with Crippen molar-refractivity contribution >= 4 is 17.7 Å². The van der Waals surface area contributed by atoms with E-state index in [1.54, 1.807) is 32.9 Å². The van der Waals surface area contributed by atoms with E-state index in [9.17, 15) is 22.8 Å². The Hall–Kier alpha value is -3.03. The number of amides is 2. The number of nitrogens with one attached hydrogen (secondary N) is 2. The van der Waals surface area contributed by atoms with Crippen molar-refractivity contribution in [1.82, 2.24) is 5.32 Å². The number of aryl methyl sites for hydroxylation is 1. The summed E-state index contributed by atoms with van der Waals surface area (Å²) in [7, 11) is 0. The van der Waals surface area contributed by atoms with Gasteiger partial charge in [-0.05, 0) is 75.1 Å². The Bertz CT molecular complexity index is 965. The molecule has 1 aliphatic carbocycles. The van der Waals surface area contributed by atoms with Gasteiger partial charge in [0.25, 0.3) is 5.91 Å². The van der Waals surface area contributed by atoms with Crippen molar-refractivity contribution in [3.05, 3.63) is 64.7 Å². The highest BCUT2D eigenvalue weighted by Crippen LogP contribution is 2.34. The van der Waals surface area contributed by atoms with Gasteiger partial charge in [-0.3, -0.25) is 10.1 Å². The maximum Gasteiger partial charge on any atom is 0.416 e. The Labute approximate surface area is 172 Å². The molecule has 1 atom stereocenters. The van der Waals surface area contributed by atoms with Crippen molar-refractivity contribution in [2.45, 2.75) is 51.4 Å². The molecule has 0 saturated carbocycles. The standard InChI is InChI=1S/C22H23F3N2O3/c1-21(2,3)30-20(29)26-16-9-7-13-8-10-18(17(13)12-16)27-19(28)14-5-4-6-15(11-14)22(23,24)25/h4-7,9,11-12,18H,8,10H2,1-3H3,(H,26,29)(H,27,28). The number of carbonyl (C=O) groups is 2. The van der Waals surface area contributed by atoms with Gasteiger partial charge in [0.2, 0.25) is 0 Å². The van der Waals surface area contributed by atoms with Gasteiger partial charge in [0.05, 0.1) is 11.6 Å². The van der Waals surface area contributed by atoms with Crippen LogP contribution in [-0.4, -0.2) is 17.6 Å². The van der Waals surface area contributed by atoms with E-state index in [-0.39, 0.29) is 11.6 Å². The van der Waals surface area contributed by atoms with Crippen LogP contribution in [0.25, 0.3) is 0 Å². The zero-order valence-corrected chi connectivity index (χ0v) is 16.9. The molecule has 0 bridgehead atoms. The summed E-state index contributed by atoms with van der Waals surface area (Å²) < 4.78 is 44.0. The van der Waals surface area contributed by atoms with Crippen LogP contribution in [0.5, 0.6) is 0 Å². The van der Waals surface area contributed by atoms with Crippen LogP contribution < -0.4 is 10.6 Å². The SMILES string of the molecule is CC(C)(C)OC(=O)Nc1ccc2c(c1)C(NC(=O)c1cccc(C(F)(F)F)c1)CC2. The summed E-state index contributed by atoms with van der Waals surface area (Å²) >= 11 is 0. The quantitative estimate of drug-likeness (QED) is 0.692. The number of anilines is 1. The zero-order valence-electron chi connectivity index (χ0n) is 16.9. The maximum atomic E-state index is 12.9. The number of fused-ring (bicyclic) bond motifs is 1. The van der Waals surface area contributed by atoms with Gasteiger partial charge in [0.15, 0.2) is 0 Å². The van der Waals surface area contributed by atoms with Gasteiger partial charge < -0.3 is 10.1 Å². The van der Waals surface area contributed by atoms with Crippen LogP contribution in [0, 0.1) is 0 Å². The van der Waals surface area contributed by atoms with Crippen LogP contribution in [0.1, 0.15) is 60.3 Å². The first-order valence-electron chi connectivity index (χ1n) is 9.53. The first-order valence-corrected chi connectivity index (χ1v) is 9.53. The summed E-state index contributed by atoms with van der Waals surface area (Å²) in [5.74, 6) is -0.579. The average molecular weight is 420 g/mol. The molecule has 2 N–H and O–H groups in total. The number of halogens is 3. The van der Waals surface area contributed by atoms with Crippen molar-refractivity contribution in [1.29, 1.82) is 0 Å². The molecule has 0 aliphatic heterocycles. The molecule has 160 valence electrons. The number of ether oxygens (including phenoxy) is 1. The Morgan fingerprint density at radius 1 is 1.07 bits per heavy atom. The van der Waals surface area contributed by atoms with E-state index in [0.29, 0.717) is 12.1 Å². The molecule has 1 unspecified atom stereocenters. The summed E-state index contributed by atoms with van der Waals surface area (Å²) in [6, 6.07) is 9.33. The lowest BCUT2D eigenvalue weighted by molar-refractivity contribution is -0.137. The molecule has 0 aromatic heterocycles. The smallest absolute Gasteiger partial charge is 0.416 e. The highest BCUT2D eigenvalue weighted by molar-refractivity contribution is 5.94. The van der Waals surface area contributed by atoms with E-state index >= 15 is 0 Å². The minimum absolute atomic E-state index is 0.0543. The van der Waals surface area contributed by atoms with Crippen LogP contribution in [0.3, 0.4) is 0 Å². The van der Waals surface area contributed by atoms with Gasteiger partial charge >= 0.3 is 12.3 Å². The molecule has 3 rings (SSSR count). The fraction of sp³-hybridized carbons (Fsp3) is 0.364. The average Bonchev–Trinajstić information content (AvgIpc) is 3.01. The van der Waals surface area contributed by atoms with Crippen LogP contribution in [0.2, 0.25) is 0 Å². The van der Waals surface area contributed by atoms with Crippen molar-refractivity contribution < 1.29 is 27.5 Å². The van der Waals surface area contributed by atoms with E-state index in [4.69, 9.17) is 4.74 Å². The molecular weight excluding hydrogens is 397 g/mol. The molecule has 30 heavy (non-hydrogen) atoms. The number of benzene rings is 2. The van der Waals surface area contributed by atoms with Crippen molar-refractivity contribution in [3.8, 4) is 0 Å². The van der Waals surface area contributed by atoms with Gasteiger partial charge in [0.1, 0.15) is 5.60 Å². The van der Waals surface area contributed by atoms with Gasteiger partial charge in [-0.2, -0.15) is 13.2 Å². The van der Waals surface area contributed by atoms with Crippen LogP contribution in [0.15, 0.2) is 42.5 Å². The molecule has 2 aromatic carbocycles. The second-order valence-corrected chi connectivity index (χ2v) is 8.18. The lowest BCUT2D eigenvalue weighted by Crippen LogP contribution is -2.28. The number of carbonyl (C=O) groups excluding carboxylic acids is 2. The van der Waals surface area contributed by atoms with Gasteiger partial charge in [-0.1, -0.05) is 12.1 Å². The first kappa shape index (κ1) is 21.7. The molecule has 0 heterocycles. The second-order valence-electron chi connectivity index (χ2n) is 8.18. The lowest BCUT2D eigenvalue weighted by atomic mass is 10.1. The van der Waals surface area contributed by atoms with Gasteiger partial charge in [-0.15, -0.1) is 0 Å². The third kappa shape index (κ3) is 5.31. The summed E-state index contributed by atoms with van der Waals surface area (Å²) in [6.45, 7) is 5.28. The molecule has 0 fully saturated rings. The Balaban J connectivity index is 1.73. The predicted octanol–water partition coefficient (Wildman–Crippen LogP) is 5.47. The first-order chi connectivity index (χ1) is 13.9. The number of alkyl halides is 3. The van der Waals surface area contributed by atoms with Crippen molar-refractivity contribution in [3.63, 3.8) is 0 Å². The summed E-state index contributed by atoms with van der Waals surface area (Å²) in [5.41, 5.74) is 0.792. The molecule has 1 aliphatic rings. The number of hydrogen-bond acceptors (Lipinski definition) is 3. The summed E-state index contributed by atoms with van der Waals surface area (Å²) in [5, 5.41) is 5.46. The Morgan fingerprint density at radius 2 is 1.80 bits per heavy atom. The van der Waals surface area contributed by atoms with E-state index in [1.807, 2.05) is 6.07 Å². The largest absolute Gasteiger partial charge is 0.444 e. The van der Waals surface area contributed by atoms with Crippen LogP contribution >= 0.6 is 0 Å². The van der Waals surface area contributed by atoms with Crippen molar-refractivity contribution in [2.24, 2.45) is 0 Å². The topological polar surface area (TPSA) is 67.4 Å². The highest BCUT2D eigenvalue weighted by Gasteiger charge is 2.31. The monoisotopic (exact) mass is 420 g/mol. The van der Waals surface area contributed by atoms with E-state index < -0.39 is 29.3 Å².